The van der Waals surface area contributed by atoms with Crippen molar-refractivity contribution in [3.05, 3.63) is 51.1 Å². The van der Waals surface area contributed by atoms with Gasteiger partial charge in [0.15, 0.2) is 11.5 Å². The molecule has 2 aromatic rings. The summed E-state index contributed by atoms with van der Waals surface area (Å²) in [6, 6.07) is 11.7. The molecule has 0 fully saturated rings. The van der Waals surface area contributed by atoms with Gasteiger partial charge in [-0.05, 0) is 71.5 Å². The van der Waals surface area contributed by atoms with Crippen molar-refractivity contribution in [2.45, 2.75) is 20.4 Å². The number of halogens is 1. The number of likely N-dealkylation sites (N-methyl/N-ethyl adjacent to an activating group) is 1. The van der Waals surface area contributed by atoms with E-state index in [9.17, 15) is 4.79 Å². The highest BCUT2D eigenvalue weighted by atomic mass is 127. The van der Waals surface area contributed by atoms with Crippen LogP contribution in [0.2, 0.25) is 0 Å². The highest BCUT2D eigenvalue weighted by Gasteiger charge is 2.12. The van der Waals surface area contributed by atoms with Crippen LogP contribution in [0.25, 0.3) is 0 Å². The third-order valence-electron chi connectivity index (χ3n) is 4.12. The molecule has 0 radical (unpaired) electrons. The molecule has 6 heteroatoms. The number of hydrogen-bond acceptors (Lipinski definition) is 4. The molecule has 2 rings (SSSR count). The average molecular weight is 468 g/mol. The van der Waals surface area contributed by atoms with Crippen molar-refractivity contribution < 1.29 is 14.3 Å². The molecule has 0 unspecified atom stereocenters. The van der Waals surface area contributed by atoms with Gasteiger partial charge in [0.05, 0.1) is 20.8 Å². The van der Waals surface area contributed by atoms with Crippen molar-refractivity contribution in [3.63, 3.8) is 0 Å². The van der Waals surface area contributed by atoms with Crippen LogP contribution >= 0.6 is 22.6 Å². The molecule has 140 valence electrons. The highest BCUT2D eigenvalue weighted by molar-refractivity contribution is 14.1. The molecule has 0 aliphatic heterocycles. The molecular weight excluding hydrogens is 443 g/mol. The molecule has 1 amide bonds. The minimum atomic E-state index is -0.0213. The lowest BCUT2D eigenvalue weighted by Gasteiger charge is -2.20. The summed E-state index contributed by atoms with van der Waals surface area (Å²) in [7, 11) is 3.24. The van der Waals surface area contributed by atoms with E-state index in [0.29, 0.717) is 24.6 Å². The van der Waals surface area contributed by atoms with Gasteiger partial charge in [0.1, 0.15) is 0 Å². The van der Waals surface area contributed by atoms with Crippen molar-refractivity contribution in [2.75, 3.05) is 32.6 Å². The van der Waals surface area contributed by atoms with Crippen molar-refractivity contribution in [2.24, 2.45) is 0 Å². The van der Waals surface area contributed by atoms with Crippen molar-refractivity contribution in [3.8, 4) is 11.5 Å². The Kier molecular flexibility index (Phi) is 7.71. The van der Waals surface area contributed by atoms with Crippen LogP contribution in [0.15, 0.2) is 36.4 Å². The van der Waals surface area contributed by atoms with E-state index in [4.69, 9.17) is 9.47 Å². The molecule has 0 aliphatic carbocycles. The third-order valence-corrected chi connectivity index (χ3v) is 5.29. The molecule has 0 saturated carbocycles. The number of anilines is 1. The number of benzene rings is 2. The van der Waals surface area contributed by atoms with Crippen molar-refractivity contribution in [1.82, 2.24) is 4.90 Å². The zero-order valence-electron chi connectivity index (χ0n) is 15.6. The fourth-order valence-electron chi connectivity index (χ4n) is 2.59. The number of aryl methyl sites for hydroxylation is 1. The number of ether oxygens (including phenoxy) is 2. The Hall–Kier alpha value is -1.80. The Morgan fingerprint density at radius 2 is 1.85 bits per heavy atom. The van der Waals surface area contributed by atoms with E-state index in [0.717, 1.165) is 21.4 Å². The summed E-state index contributed by atoms with van der Waals surface area (Å²) in [4.78, 5) is 14.5. The molecule has 0 aromatic heterocycles. The average Bonchev–Trinajstić information content (AvgIpc) is 2.64. The molecule has 0 heterocycles. The Balaban J connectivity index is 2.00. The lowest BCUT2D eigenvalue weighted by atomic mass is 10.2. The van der Waals surface area contributed by atoms with Gasteiger partial charge in [0.2, 0.25) is 5.91 Å². The second-order valence-electron chi connectivity index (χ2n) is 6.00. The number of hydrogen-bond donors (Lipinski definition) is 1. The van der Waals surface area contributed by atoms with E-state index < -0.39 is 0 Å². The summed E-state index contributed by atoms with van der Waals surface area (Å²) in [6.45, 7) is 5.86. The van der Waals surface area contributed by atoms with Gasteiger partial charge in [-0.3, -0.25) is 9.69 Å². The zero-order valence-corrected chi connectivity index (χ0v) is 17.8. The first-order valence-electron chi connectivity index (χ1n) is 8.46. The van der Waals surface area contributed by atoms with Crippen LogP contribution in [0.1, 0.15) is 18.1 Å². The largest absolute Gasteiger partial charge is 0.493 e. The molecule has 26 heavy (non-hydrogen) atoms. The number of nitrogens with one attached hydrogen (secondary N) is 1. The highest BCUT2D eigenvalue weighted by Crippen LogP contribution is 2.28. The summed E-state index contributed by atoms with van der Waals surface area (Å²) in [5.74, 6) is 1.37. The molecular formula is C20H25IN2O3. The number of amides is 1. The van der Waals surface area contributed by atoms with Crippen LogP contribution in [0, 0.1) is 10.5 Å². The van der Waals surface area contributed by atoms with Crippen LogP contribution in [0.3, 0.4) is 0 Å². The fraction of sp³-hybridized carbons (Fsp3) is 0.350. The SMILES string of the molecule is CCN(CC(=O)Nc1ccc(C)c(I)c1)Cc1ccc(OC)c(OC)c1. The molecule has 0 spiro atoms. The predicted octanol–water partition coefficient (Wildman–Crippen LogP) is 4.08. The molecule has 0 saturated heterocycles. The Morgan fingerprint density at radius 1 is 1.12 bits per heavy atom. The first-order valence-corrected chi connectivity index (χ1v) is 9.54. The van der Waals surface area contributed by atoms with Crippen molar-refractivity contribution >= 4 is 34.2 Å². The smallest absolute Gasteiger partial charge is 0.238 e. The first-order chi connectivity index (χ1) is 12.5. The van der Waals surface area contributed by atoms with Gasteiger partial charge in [-0.15, -0.1) is 0 Å². The Bertz CT molecular complexity index is 765. The van der Waals surface area contributed by atoms with Gasteiger partial charge >= 0.3 is 0 Å². The quantitative estimate of drug-likeness (QED) is 0.594. The van der Waals surface area contributed by atoms with E-state index >= 15 is 0 Å². The molecule has 0 bridgehead atoms. The maximum Gasteiger partial charge on any atom is 0.238 e. The van der Waals surface area contributed by atoms with E-state index in [-0.39, 0.29) is 5.91 Å². The standard InChI is InChI=1S/C20H25IN2O3/c1-5-23(12-15-7-9-18(25-3)19(10-15)26-4)13-20(24)22-16-8-6-14(2)17(21)11-16/h6-11H,5,12-13H2,1-4H3,(H,22,24). The summed E-state index contributed by atoms with van der Waals surface area (Å²) >= 11 is 2.27. The number of nitrogens with zero attached hydrogens (tertiary/aromatic N) is 1. The summed E-state index contributed by atoms with van der Waals surface area (Å²) in [5.41, 5.74) is 3.10. The molecule has 1 N–H and O–H groups in total. The van der Waals surface area contributed by atoms with E-state index in [1.165, 1.54) is 5.56 Å². The van der Waals surface area contributed by atoms with Crippen LogP contribution in [0.5, 0.6) is 11.5 Å². The van der Waals surface area contributed by atoms with Crippen LogP contribution in [0.4, 0.5) is 5.69 Å². The van der Waals surface area contributed by atoms with Crippen LogP contribution in [-0.2, 0) is 11.3 Å². The van der Waals surface area contributed by atoms with Gasteiger partial charge in [-0.2, -0.15) is 0 Å². The van der Waals surface area contributed by atoms with Gasteiger partial charge in [0.25, 0.3) is 0 Å². The Labute approximate surface area is 168 Å². The summed E-state index contributed by atoms with van der Waals surface area (Å²) < 4.78 is 11.8. The maximum atomic E-state index is 12.4. The monoisotopic (exact) mass is 468 g/mol. The first kappa shape index (κ1) is 20.5. The number of methoxy groups -OCH3 is 2. The molecule has 0 aliphatic rings. The normalized spacial score (nSPS) is 10.7. The third kappa shape index (κ3) is 5.60. The van der Waals surface area contributed by atoms with E-state index in [2.05, 4.69) is 39.7 Å². The van der Waals surface area contributed by atoms with E-state index in [1.807, 2.05) is 43.3 Å². The Morgan fingerprint density at radius 3 is 2.46 bits per heavy atom. The predicted molar refractivity (Wildman–Crippen MR) is 113 cm³/mol. The topological polar surface area (TPSA) is 50.8 Å². The minimum Gasteiger partial charge on any atom is -0.493 e. The van der Waals surface area contributed by atoms with Gasteiger partial charge in [-0.25, -0.2) is 0 Å². The maximum absolute atomic E-state index is 12.4. The van der Waals surface area contributed by atoms with E-state index in [1.54, 1.807) is 14.2 Å². The minimum absolute atomic E-state index is 0.0213. The number of carbonyl (C=O) groups is 1. The lowest BCUT2D eigenvalue weighted by molar-refractivity contribution is -0.117. The molecule has 5 nitrogen and oxygen atoms in total. The zero-order chi connectivity index (χ0) is 19.1. The van der Waals surface area contributed by atoms with Gasteiger partial charge in [0, 0.05) is 15.8 Å². The fourth-order valence-corrected chi connectivity index (χ4v) is 3.11. The second kappa shape index (κ2) is 9.78. The molecule has 0 atom stereocenters. The number of rotatable bonds is 8. The van der Waals surface area contributed by atoms with Crippen molar-refractivity contribution in [1.29, 1.82) is 0 Å². The summed E-state index contributed by atoms with van der Waals surface area (Å²) in [6.07, 6.45) is 0. The second-order valence-corrected chi connectivity index (χ2v) is 7.17. The van der Waals surface area contributed by atoms with Gasteiger partial charge in [-0.1, -0.05) is 19.1 Å². The van der Waals surface area contributed by atoms with Crippen LogP contribution in [-0.4, -0.2) is 38.1 Å². The lowest BCUT2D eigenvalue weighted by Crippen LogP contribution is -2.32. The number of carbonyl (C=O) groups excluding carboxylic acids is 1. The molecule has 2 aromatic carbocycles. The van der Waals surface area contributed by atoms with Gasteiger partial charge < -0.3 is 14.8 Å². The summed E-state index contributed by atoms with van der Waals surface area (Å²) in [5, 5.41) is 2.97. The van der Waals surface area contributed by atoms with Crippen LogP contribution < -0.4 is 14.8 Å².